The molecule has 1 amide bonds. The largest absolute Gasteiger partial charge is 0.490 e. The number of rotatable bonds is 5. The van der Waals surface area contributed by atoms with Gasteiger partial charge in [-0.2, -0.15) is 0 Å². The Balaban J connectivity index is 1.42. The fourth-order valence-electron chi connectivity index (χ4n) is 3.90. The Kier molecular flexibility index (Phi) is 5.69. The molecule has 2 heterocycles. The molecule has 1 atom stereocenters. The number of hydrogen-bond acceptors (Lipinski definition) is 5. The predicted octanol–water partition coefficient (Wildman–Crippen LogP) is 3.83. The zero-order valence-corrected chi connectivity index (χ0v) is 16.6. The van der Waals surface area contributed by atoms with Gasteiger partial charge in [-0.15, -0.1) is 0 Å². The van der Waals surface area contributed by atoms with E-state index in [1.807, 2.05) is 35.2 Å². The Morgan fingerprint density at radius 1 is 1.03 bits per heavy atom. The van der Waals surface area contributed by atoms with Gasteiger partial charge in [0.1, 0.15) is 0 Å². The summed E-state index contributed by atoms with van der Waals surface area (Å²) in [5.74, 6) is 1.64. The third-order valence-electron chi connectivity index (χ3n) is 5.46. The first kappa shape index (κ1) is 19.3. The van der Waals surface area contributed by atoms with Crippen LogP contribution in [0.3, 0.4) is 0 Å². The molecule has 2 aromatic carbocycles. The Labute approximate surface area is 170 Å². The van der Waals surface area contributed by atoms with E-state index in [-0.39, 0.29) is 24.3 Å². The van der Waals surface area contributed by atoms with E-state index in [1.54, 1.807) is 19.1 Å². The topological polar surface area (TPSA) is 67.9 Å². The van der Waals surface area contributed by atoms with Crippen molar-refractivity contribution in [2.45, 2.75) is 32.2 Å². The van der Waals surface area contributed by atoms with E-state index in [0.29, 0.717) is 18.8 Å². The minimum Gasteiger partial charge on any atom is -0.490 e. The number of nitrogens with zero attached hydrogens (tertiary/aromatic N) is 1. The lowest BCUT2D eigenvalue weighted by atomic mass is 10.0. The summed E-state index contributed by atoms with van der Waals surface area (Å²) >= 11 is 0. The van der Waals surface area contributed by atoms with Crippen LogP contribution in [0.25, 0.3) is 0 Å². The van der Waals surface area contributed by atoms with Gasteiger partial charge in [0.25, 0.3) is 0 Å². The molecule has 0 aliphatic carbocycles. The normalized spacial score (nSPS) is 18.2. The highest BCUT2D eigenvalue weighted by molar-refractivity contribution is 5.94. The lowest BCUT2D eigenvalue weighted by molar-refractivity contribution is -0.130. The number of nitrogens with one attached hydrogen (secondary N) is 1. The molecule has 2 aromatic rings. The second kappa shape index (κ2) is 8.55. The van der Waals surface area contributed by atoms with Crippen LogP contribution in [0.5, 0.6) is 11.5 Å². The zero-order chi connectivity index (χ0) is 20.2. The Hall–Kier alpha value is -3.02. The molecule has 0 bridgehead atoms. The molecule has 2 aliphatic rings. The lowest BCUT2D eigenvalue weighted by Gasteiger charge is -2.26. The minimum absolute atomic E-state index is 0.0302. The van der Waals surface area contributed by atoms with Crippen molar-refractivity contribution in [3.05, 3.63) is 53.6 Å². The highest BCUT2D eigenvalue weighted by Crippen LogP contribution is 2.37. The van der Waals surface area contributed by atoms with Crippen molar-refractivity contribution in [1.82, 2.24) is 4.90 Å². The summed E-state index contributed by atoms with van der Waals surface area (Å²) in [6.07, 6.45) is 2.80. The van der Waals surface area contributed by atoms with Crippen molar-refractivity contribution >= 4 is 17.4 Å². The van der Waals surface area contributed by atoms with Crippen LogP contribution < -0.4 is 14.8 Å². The third-order valence-corrected chi connectivity index (χ3v) is 5.46. The quantitative estimate of drug-likeness (QED) is 0.781. The number of fused-ring (bicyclic) bond motifs is 1. The summed E-state index contributed by atoms with van der Waals surface area (Å²) in [6, 6.07) is 13.3. The maximum atomic E-state index is 12.9. The van der Waals surface area contributed by atoms with Gasteiger partial charge in [-0.1, -0.05) is 6.07 Å². The number of hydrogen-bond donors (Lipinski definition) is 1. The molecular weight excluding hydrogens is 368 g/mol. The number of amides is 1. The number of likely N-dealkylation sites (tertiary alicyclic amines) is 1. The van der Waals surface area contributed by atoms with Crippen LogP contribution in [-0.4, -0.2) is 42.9 Å². The molecule has 6 nitrogen and oxygen atoms in total. The van der Waals surface area contributed by atoms with Gasteiger partial charge >= 0.3 is 0 Å². The van der Waals surface area contributed by atoms with Crippen LogP contribution in [0.15, 0.2) is 42.5 Å². The van der Waals surface area contributed by atoms with Crippen molar-refractivity contribution in [2.24, 2.45) is 0 Å². The van der Waals surface area contributed by atoms with E-state index in [1.165, 1.54) is 0 Å². The molecule has 1 saturated heterocycles. The van der Waals surface area contributed by atoms with Crippen molar-refractivity contribution < 1.29 is 19.1 Å². The second-order valence-electron chi connectivity index (χ2n) is 7.49. The van der Waals surface area contributed by atoms with Gasteiger partial charge in [-0.3, -0.25) is 9.59 Å². The van der Waals surface area contributed by atoms with Gasteiger partial charge < -0.3 is 19.7 Å². The van der Waals surface area contributed by atoms with E-state index >= 15 is 0 Å². The molecule has 2 aliphatic heterocycles. The first-order valence-corrected chi connectivity index (χ1v) is 10.2. The van der Waals surface area contributed by atoms with Gasteiger partial charge in [0, 0.05) is 24.2 Å². The van der Waals surface area contributed by atoms with Crippen molar-refractivity contribution in [2.75, 3.05) is 31.6 Å². The van der Waals surface area contributed by atoms with E-state index in [0.717, 1.165) is 48.6 Å². The summed E-state index contributed by atoms with van der Waals surface area (Å²) in [4.78, 5) is 26.2. The van der Waals surface area contributed by atoms with E-state index in [4.69, 9.17) is 9.47 Å². The molecular formula is C23H26N2O4. The monoisotopic (exact) mass is 394 g/mol. The number of benzene rings is 2. The maximum absolute atomic E-state index is 12.9. The van der Waals surface area contributed by atoms with Crippen molar-refractivity contribution in [1.29, 1.82) is 0 Å². The molecule has 0 saturated carbocycles. The average molecular weight is 394 g/mol. The maximum Gasteiger partial charge on any atom is 0.242 e. The van der Waals surface area contributed by atoms with Crippen LogP contribution in [0, 0.1) is 0 Å². The van der Waals surface area contributed by atoms with Gasteiger partial charge in [0.15, 0.2) is 17.3 Å². The molecule has 0 aromatic heterocycles. The van der Waals surface area contributed by atoms with Gasteiger partial charge in [-0.25, -0.2) is 0 Å². The Morgan fingerprint density at radius 2 is 1.79 bits per heavy atom. The number of ether oxygens (including phenoxy) is 2. The highest BCUT2D eigenvalue weighted by atomic mass is 16.5. The molecule has 1 N–H and O–H groups in total. The van der Waals surface area contributed by atoms with E-state index < -0.39 is 0 Å². The van der Waals surface area contributed by atoms with Crippen LogP contribution in [-0.2, 0) is 4.79 Å². The highest BCUT2D eigenvalue weighted by Gasteiger charge is 2.30. The predicted molar refractivity (Wildman–Crippen MR) is 111 cm³/mol. The fourth-order valence-corrected chi connectivity index (χ4v) is 3.90. The van der Waals surface area contributed by atoms with Crippen LogP contribution in [0.4, 0.5) is 5.69 Å². The molecule has 0 spiro atoms. The minimum atomic E-state index is 0.0302. The lowest BCUT2D eigenvalue weighted by Crippen LogP contribution is -2.35. The standard InChI is InChI=1S/C23H26N2O4/c1-16(26)17-5-8-19(9-6-17)24-15-23(27)25-11-2-4-20(25)18-7-10-21-22(14-18)29-13-3-12-28-21/h5-10,14,20,24H,2-4,11-13,15H2,1H3. The molecule has 6 heteroatoms. The summed E-state index contributed by atoms with van der Waals surface area (Å²) < 4.78 is 11.5. The number of carbonyl (C=O) groups excluding carboxylic acids is 2. The van der Waals surface area contributed by atoms with Crippen LogP contribution in [0.1, 0.15) is 48.1 Å². The molecule has 0 radical (unpaired) electrons. The van der Waals surface area contributed by atoms with E-state index in [9.17, 15) is 9.59 Å². The summed E-state index contributed by atoms with van der Waals surface area (Å²) in [5, 5.41) is 3.17. The average Bonchev–Trinajstić information content (AvgIpc) is 3.11. The zero-order valence-electron chi connectivity index (χ0n) is 16.6. The molecule has 29 heavy (non-hydrogen) atoms. The van der Waals surface area contributed by atoms with Gasteiger partial charge in [0.2, 0.25) is 5.91 Å². The summed E-state index contributed by atoms with van der Waals surface area (Å²) in [7, 11) is 0. The van der Waals surface area contributed by atoms with Crippen molar-refractivity contribution in [3.8, 4) is 11.5 Å². The van der Waals surface area contributed by atoms with Crippen molar-refractivity contribution in [3.63, 3.8) is 0 Å². The van der Waals surface area contributed by atoms with Gasteiger partial charge in [-0.05, 0) is 61.7 Å². The number of carbonyl (C=O) groups is 2. The number of anilines is 1. The smallest absolute Gasteiger partial charge is 0.242 e. The SMILES string of the molecule is CC(=O)c1ccc(NCC(=O)N2CCCC2c2ccc3c(c2)OCCCO3)cc1. The summed E-state index contributed by atoms with van der Waals surface area (Å²) in [5.41, 5.74) is 2.58. The van der Waals surface area contributed by atoms with E-state index in [2.05, 4.69) is 5.32 Å². The van der Waals surface area contributed by atoms with Crippen LogP contribution in [0.2, 0.25) is 0 Å². The second-order valence-corrected chi connectivity index (χ2v) is 7.49. The first-order valence-electron chi connectivity index (χ1n) is 10.2. The van der Waals surface area contributed by atoms with Crippen LogP contribution >= 0.6 is 0 Å². The number of ketones is 1. The molecule has 1 unspecified atom stereocenters. The Morgan fingerprint density at radius 3 is 2.55 bits per heavy atom. The third kappa shape index (κ3) is 4.36. The van der Waals surface area contributed by atoms with Gasteiger partial charge in [0.05, 0.1) is 25.8 Å². The first-order chi connectivity index (χ1) is 14.1. The molecule has 1 fully saturated rings. The summed E-state index contributed by atoms with van der Waals surface area (Å²) in [6.45, 7) is 3.83. The molecule has 4 rings (SSSR count). The fraction of sp³-hybridized carbons (Fsp3) is 0.391. The number of Topliss-reactive ketones (excluding diaryl/α,β-unsaturated/α-hetero) is 1. The molecule has 152 valence electrons. The Bertz CT molecular complexity index is 894.